The number of anilines is 1. The number of hydrogen-bond donors (Lipinski definition) is 2. The zero-order valence-corrected chi connectivity index (χ0v) is 23.8. The molecule has 6 rings (SSSR count). The van der Waals surface area contributed by atoms with Gasteiger partial charge in [-0.15, -0.1) is 11.3 Å². The lowest BCUT2D eigenvalue weighted by atomic mass is 10.1. The van der Waals surface area contributed by atoms with Crippen molar-refractivity contribution in [3.63, 3.8) is 0 Å². The molecule has 4 aromatic rings. The topological polar surface area (TPSA) is 117 Å². The van der Waals surface area contributed by atoms with Crippen LogP contribution < -0.4 is 19.5 Å². The van der Waals surface area contributed by atoms with E-state index in [1.54, 1.807) is 43.8 Å². The monoisotopic (exact) mass is 564 g/mol. The number of aliphatic hydroxyl groups is 1. The van der Waals surface area contributed by atoms with Crippen LogP contribution >= 0.6 is 11.3 Å². The molecule has 2 aliphatic rings. The number of nitrogens with one attached hydrogen (secondary N) is 1. The Kier molecular flexibility index (Phi) is 6.99. The average molecular weight is 565 g/mol. The normalized spacial score (nSPS) is 23.2. The van der Waals surface area contributed by atoms with Gasteiger partial charge in [0.05, 0.1) is 47.8 Å². The molecule has 0 bridgehead atoms. The number of thiazole rings is 1. The first-order valence-corrected chi connectivity index (χ1v) is 14.0. The van der Waals surface area contributed by atoms with Crippen molar-refractivity contribution in [2.45, 2.75) is 51.2 Å². The van der Waals surface area contributed by atoms with Crippen molar-refractivity contribution in [2.24, 2.45) is 5.92 Å². The number of aliphatic hydroxyl groups excluding tert-OH is 1. The number of methoxy groups -OCH3 is 2. The third kappa shape index (κ3) is 5.05. The number of para-hydroxylation sites is 1. The second-order valence-electron chi connectivity index (χ2n) is 10.4. The van der Waals surface area contributed by atoms with Gasteiger partial charge in [-0.25, -0.2) is 4.98 Å². The highest BCUT2D eigenvalue weighted by molar-refractivity contribution is 7.21. The van der Waals surface area contributed by atoms with Crippen LogP contribution in [0, 0.1) is 12.8 Å². The quantitative estimate of drug-likeness (QED) is 0.296. The molecule has 1 aliphatic carbocycles. The summed E-state index contributed by atoms with van der Waals surface area (Å²) in [6.45, 7) is 5.72. The minimum Gasteiger partial charge on any atom is -0.496 e. The van der Waals surface area contributed by atoms with Crippen molar-refractivity contribution in [2.75, 3.05) is 26.1 Å². The number of nitrogens with zero attached hydrogens (tertiary/aromatic N) is 3. The van der Waals surface area contributed by atoms with Gasteiger partial charge in [0.15, 0.2) is 5.79 Å². The van der Waals surface area contributed by atoms with Crippen LogP contribution in [0.15, 0.2) is 42.5 Å². The Bertz CT molecular complexity index is 1490. The summed E-state index contributed by atoms with van der Waals surface area (Å²) in [4.78, 5) is 14.4. The molecule has 210 valence electrons. The molecule has 2 aromatic heterocycles. The SMILES string of the molecule is COc1cc(OC)cc(Oc2nc(C)c(-c3nc4ccccc4s3)c(N[C@@H]3C[C@H](CO)[C@H]4OC(C)(C)O[C@H]43)n2)c1. The molecule has 2 fully saturated rings. The number of aromatic nitrogens is 3. The van der Waals surface area contributed by atoms with Gasteiger partial charge < -0.3 is 34.1 Å². The van der Waals surface area contributed by atoms with Crippen molar-refractivity contribution in [3.8, 4) is 33.8 Å². The van der Waals surface area contributed by atoms with Crippen molar-refractivity contribution >= 4 is 27.4 Å². The Morgan fingerprint density at radius 1 is 1.00 bits per heavy atom. The summed E-state index contributed by atoms with van der Waals surface area (Å²) in [6, 6.07) is 13.3. The second-order valence-corrected chi connectivity index (χ2v) is 11.5. The largest absolute Gasteiger partial charge is 0.496 e. The second kappa shape index (κ2) is 10.5. The Morgan fingerprint density at radius 3 is 2.40 bits per heavy atom. The van der Waals surface area contributed by atoms with Crippen LogP contribution in [0.4, 0.5) is 5.82 Å². The highest BCUT2D eigenvalue weighted by atomic mass is 32.1. The first-order chi connectivity index (χ1) is 19.3. The van der Waals surface area contributed by atoms with E-state index in [9.17, 15) is 5.11 Å². The number of ether oxygens (including phenoxy) is 5. The zero-order valence-electron chi connectivity index (χ0n) is 23.0. The van der Waals surface area contributed by atoms with Gasteiger partial charge >= 0.3 is 6.01 Å². The molecule has 0 amide bonds. The Hall–Kier alpha value is -3.51. The fourth-order valence-electron chi connectivity index (χ4n) is 5.46. The van der Waals surface area contributed by atoms with Crippen LogP contribution in [-0.2, 0) is 9.47 Å². The third-order valence-corrected chi connectivity index (χ3v) is 8.30. The summed E-state index contributed by atoms with van der Waals surface area (Å²) >= 11 is 1.58. The maximum Gasteiger partial charge on any atom is 0.324 e. The average Bonchev–Trinajstić information content (AvgIpc) is 3.58. The van der Waals surface area contributed by atoms with E-state index < -0.39 is 5.79 Å². The van der Waals surface area contributed by atoms with E-state index in [-0.39, 0.29) is 36.8 Å². The fraction of sp³-hybridized carbons (Fsp3) is 0.414. The van der Waals surface area contributed by atoms with Crippen LogP contribution in [0.1, 0.15) is 26.0 Å². The van der Waals surface area contributed by atoms with Crippen molar-refractivity contribution in [1.29, 1.82) is 0 Å². The van der Waals surface area contributed by atoms with Gasteiger partial charge in [0, 0.05) is 30.7 Å². The lowest BCUT2D eigenvalue weighted by Gasteiger charge is -2.24. The summed E-state index contributed by atoms with van der Waals surface area (Å²) < 4.78 is 30.4. The summed E-state index contributed by atoms with van der Waals surface area (Å²) in [5.41, 5.74) is 2.41. The Labute approximate surface area is 236 Å². The molecule has 0 spiro atoms. The molecule has 2 aromatic carbocycles. The van der Waals surface area contributed by atoms with Gasteiger partial charge in [0.2, 0.25) is 0 Å². The summed E-state index contributed by atoms with van der Waals surface area (Å²) in [7, 11) is 3.16. The van der Waals surface area contributed by atoms with Crippen LogP contribution in [0.2, 0.25) is 0 Å². The van der Waals surface area contributed by atoms with Gasteiger partial charge in [0.25, 0.3) is 0 Å². The first kappa shape index (κ1) is 26.7. The Balaban J connectivity index is 1.41. The molecule has 4 atom stereocenters. The van der Waals surface area contributed by atoms with Crippen LogP contribution in [0.5, 0.6) is 23.3 Å². The molecular weight excluding hydrogens is 532 g/mol. The molecule has 3 heterocycles. The van der Waals surface area contributed by atoms with E-state index in [0.717, 1.165) is 20.8 Å². The number of benzene rings is 2. The highest BCUT2D eigenvalue weighted by Gasteiger charge is 2.54. The number of rotatable bonds is 8. The maximum absolute atomic E-state index is 10.1. The summed E-state index contributed by atoms with van der Waals surface area (Å²) in [5, 5.41) is 14.5. The van der Waals surface area contributed by atoms with Gasteiger partial charge in [-0.05, 0) is 39.3 Å². The number of aryl methyl sites for hydroxylation is 1. The predicted molar refractivity (Wildman–Crippen MR) is 151 cm³/mol. The smallest absolute Gasteiger partial charge is 0.324 e. The lowest BCUT2D eigenvalue weighted by Crippen LogP contribution is -2.35. The van der Waals surface area contributed by atoms with E-state index in [0.29, 0.717) is 35.2 Å². The fourth-order valence-corrected chi connectivity index (χ4v) is 6.52. The van der Waals surface area contributed by atoms with E-state index in [1.165, 1.54) is 0 Å². The Morgan fingerprint density at radius 2 is 1.70 bits per heavy atom. The minimum absolute atomic E-state index is 0.0123. The minimum atomic E-state index is -0.736. The van der Waals surface area contributed by atoms with E-state index in [4.69, 9.17) is 38.6 Å². The van der Waals surface area contributed by atoms with Crippen molar-refractivity contribution < 1.29 is 28.8 Å². The number of hydrogen-bond acceptors (Lipinski definition) is 11. The maximum atomic E-state index is 10.1. The van der Waals surface area contributed by atoms with Gasteiger partial charge in [-0.2, -0.15) is 9.97 Å². The highest BCUT2D eigenvalue weighted by Crippen LogP contribution is 2.44. The van der Waals surface area contributed by atoms with E-state index >= 15 is 0 Å². The summed E-state index contributed by atoms with van der Waals surface area (Å²) in [6.07, 6.45) is 0.192. The standard InChI is InChI=1S/C29H32N4O6S/c1-15-23(27-32-20-8-6-7-9-22(20)40-27)26(31-21-10-16(14-34)24-25(21)39-29(2,3)38-24)33-28(30-15)37-19-12-17(35-4)11-18(13-19)36-5/h6-9,11-13,16,21,24-25,34H,10,14H2,1-5H3,(H,30,31,33)/t16-,21-,24-,25+/m1/s1. The molecule has 2 N–H and O–H groups in total. The van der Waals surface area contributed by atoms with Gasteiger partial charge in [0.1, 0.15) is 34.2 Å². The summed E-state index contributed by atoms with van der Waals surface area (Å²) in [5.74, 6) is 1.43. The lowest BCUT2D eigenvalue weighted by molar-refractivity contribution is -0.158. The van der Waals surface area contributed by atoms with Crippen LogP contribution in [0.3, 0.4) is 0 Å². The molecule has 1 saturated heterocycles. The van der Waals surface area contributed by atoms with Crippen LogP contribution in [0.25, 0.3) is 20.8 Å². The van der Waals surface area contributed by atoms with E-state index in [2.05, 4.69) is 5.32 Å². The first-order valence-electron chi connectivity index (χ1n) is 13.2. The predicted octanol–water partition coefficient (Wildman–Crippen LogP) is 5.18. The molecule has 1 saturated carbocycles. The molecule has 10 nitrogen and oxygen atoms in total. The van der Waals surface area contributed by atoms with E-state index in [1.807, 2.05) is 45.0 Å². The number of fused-ring (bicyclic) bond motifs is 2. The van der Waals surface area contributed by atoms with Crippen molar-refractivity contribution in [3.05, 3.63) is 48.2 Å². The van der Waals surface area contributed by atoms with Gasteiger partial charge in [-0.3, -0.25) is 0 Å². The van der Waals surface area contributed by atoms with Gasteiger partial charge in [-0.1, -0.05) is 12.1 Å². The van der Waals surface area contributed by atoms with Crippen LogP contribution in [-0.4, -0.2) is 64.9 Å². The molecule has 0 radical (unpaired) electrons. The zero-order chi connectivity index (χ0) is 28.0. The molecule has 1 aliphatic heterocycles. The third-order valence-electron chi connectivity index (χ3n) is 7.25. The molecule has 11 heteroatoms. The van der Waals surface area contributed by atoms with Crippen molar-refractivity contribution in [1.82, 2.24) is 15.0 Å². The molecule has 0 unspecified atom stereocenters. The molecular formula is C29H32N4O6S. The molecule has 40 heavy (non-hydrogen) atoms.